The summed E-state index contributed by atoms with van der Waals surface area (Å²) in [7, 11) is 0. The van der Waals surface area contributed by atoms with Gasteiger partial charge >= 0.3 is 0 Å². The van der Waals surface area contributed by atoms with Crippen LogP contribution in [0.3, 0.4) is 0 Å². The minimum Gasteiger partial charge on any atom is -0.326 e. The zero-order valence-electron chi connectivity index (χ0n) is 5.97. The van der Waals surface area contributed by atoms with E-state index in [-0.39, 0.29) is 0 Å². The molecule has 0 amide bonds. The number of halogens is 1. The molecule has 11 heavy (non-hydrogen) atoms. The molecule has 0 saturated carbocycles. The Labute approximate surface area is 70.3 Å². The van der Waals surface area contributed by atoms with E-state index in [4.69, 9.17) is 23.2 Å². The summed E-state index contributed by atoms with van der Waals surface area (Å²) in [5.74, 6) is 5.24. The highest BCUT2D eigenvalue weighted by Crippen LogP contribution is 2.24. The summed E-state index contributed by atoms with van der Waals surface area (Å²) < 4.78 is 0. The number of nitrogens with one attached hydrogen (secondary N) is 1. The van der Waals surface area contributed by atoms with Crippen LogP contribution < -0.4 is 17.0 Å². The predicted molar refractivity (Wildman–Crippen MR) is 47.2 cm³/mol. The summed E-state index contributed by atoms with van der Waals surface area (Å²) in [6, 6.07) is 5.47. The summed E-state index contributed by atoms with van der Waals surface area (Å²) in [6.07, 6.45) is 0. The van der Waals surface area contributed by atoms with Crippen LogP contribution in [0.4, 0.5) is 5.69 Å². The van der Waals surface area contributed by atoms with Crippen molar-refractivity contribution in [1.82, 2.24) is 0 Å². The van der Waals surface area contributed by atoms with Crippen LogP contribution in [0.2, 0.25) is 5.02 Å². The number of hydrogen-bond donors (Lipinski definition) is 3. The highest BCUT2D eigenvalue weighted by atomic mass is 35.5. The van der Waals surface area contributed by atoms with Crippen LogP contribution in [0.15, 0.2) is 18.2 Å². The standard InChI is InChI=1S/C7H10ClN3/c8-6-3-1-2-5(4-9)7(6)11-10/h1-3,11H,4,9-10H2. The van der Waals surface area contributed by atoms with Gasteiger partial charge in [0.2, 0.25) is 0 Å². The number of benzene rings is 1. The maximum Gasteiger partial charge on any atom is 0.0717 e. The first kappa shape index (κ1) is 8.33. The van der Waals surface area contributed by atoms with Crippen LogP contribution in [0.5, 0.6) is 0 Å². The fourth-order valence-corrected chi connectivity index (χ4v) is 1.15. The first-order chi connectivity index (χ1) is 5.29. The van der Waals surface area contributed by atoms with Crippen LogP contribution in [0, 0.1) is 0 Å². The Morgan fingerprint density at radius 1 is 1.45 bits per heavy atom. The van der Waals surface area contributed by atoms with Crippen molar-refractivity contribution >= 4 is 17.3 Å². The lowest BCUT2D eigenvalue weighted by Crippen LogP contribution is -2.11. The highest BCUT2D eigenvalue weighted by Gasteiger charge is 2.01. The number of nitrogen functional groups attached to an aromatic ring is 1. The van der Waals surface area contributed by atoms with Gasteiger partial charge in [0.1, 0.15) is 0 Å². The molecular weight excluding hydrogens is 162 g/mol. The summed E-state index contributed by atoms with van der Waals surface area (Å²) in [4.78, 5) is 0. The first-order valence-electron chi connectivity index (χ1n) is 3.23. The van der Waals surface area contributed by atoms with Gasteiger partial charge in [0.15, 0.2) is 0 Å². The normalized spacial score (nSPS) is 9.73. The fraction of sp³-hybridized carbons (Fsp3) is 0.143. The van der Waals surface area contributed by atoms with Crippen molar-refractivity contribution in [2.45, 2.75) is 6.54 Å². The molecule has 0 saturated heterocycles. The minimum absolute atomic E-state index is 0.431. The Balaban J connectivity index is 3.13. The SMILES string of the molecule is NCc1cccc(Cl)c1NN. The summed E-state index contributed by atoms with van der Waals surface area (Å²) in [6.45, 7) is 0.431. The lowest BCUT2D eigenvalue weighted by Gasteiger charge is -2.07. The minimum atomic E-state index is 0.431. The zero-order valence-corrected chi connectivity index (χ0v) is 6.73. The number of anilines is 1. The van der Waals surface area contributed by atoms with Gasteiger partial charge in [0.05, 0.1) is 10.7 Å². The molecule has 0 aromatic heterocycles. The maximum atomic E-state index is 5.81. The summed E-state index contributed by atoms with van der Waals surface area (Å²) >= 11 is 5.81. The van der Waals surface area contributed by atoms with Gasteiger partial charge in [-0.25, -0.2) is 0 Å². The quantitative estimate of drug-likeness (QED) is 0.461. The van der Waals surface area contributed by atoms with Crippen LogP contribution in [0.25, 0.3) is 0 Å². The largest absolute Gasteiger partial charge is 0.326 e. The molecular formula is C7H10ClN3. The van der Waals surface area contributed by atoms with Gasteiger partial charge < -0.3 is 11.2 Å². The Morgan fingerprint density at radius 2 is 2.18 bits per heavy atom. The van der Waals surface area contributed by atoms with Crippen LogP contribution in [-0.2, 0) is 6.54 Å². The van der Waals surface area contributed by atoms with Crippen molar-refractivity contribution in [1.29, 1.82) is 0 Å². The molecule has 0 bridgehead atoms. The topological polar surface area (TPSA) is 64.1 Å². The molecule has 0 fully saturated rings. The van der Waals surface area contributed by atoms with Crippen molar-refractivity contribution in [3.63, 3.8) is 0 Å². The molecule has 0 aliphatic heterocycles. The second-order valence-corrected chi connectivity index (χ2v) is 2.53. The number of hydrogen-bond acceptors (Lipinski definition) is 3. The van der Waals surface area contributed by atoms with Gasteiger partial charge in [-0.1, -0.05) is 23.7 Å². The average molecular weight is 172 g/mol. The van der Waals surface area contributed by atoms with Crippen molar-refractivity contribution in [3.05, 3.63) is 28.8 Å². The van der Waals surface area contributed by atoms with Crippen molar-refractivity contribution in [3.8, 4) is 0 Å². The molecule has 0 heterocycles. The molecule has 0 radical (unpaired) electrons. The van der Waals surface area contributed by atoms with E-state index in [0.717, 1.165) is 5.56 Å². The van der Waals surface area contributed by atoms with E-state index >= 15 is 0 Å². The Bertz CT molecular complexity index is 249. The van der Waals surface area contributed by atoms with E-state index in [1.165, 1.54) is 0 Å². The molecule has 0 unspecified atom stereocenters. The van der Waals surface area contributed by atoms with Crippen molar-refractivity contribution in [2.75, 3.05) is 5.43 Å². The van der Waals surface area contributed by atoms with E-state index in [9.17, 15) is 0 Å². The molecule has 1 aromatic carbocycles. The van der Waals surface area contributed by atoms with E-state index in [1.807, 2.05) is 12.1 Å². The maximum absolute atomic E-state index is 5.81. The molecule has 5 N–H and O–H groups in total. The second kappa shape index (κ2) is 3.57. The predicted octanol–water partition coefficient (Wildman–Crippen LogP) is 1.08. The van der Waals surface area contributed by atoms with Gasteiger partial charge in [-0.3, -0.25) is 5.84 Å². The first-order valence-corrected chi connectivity index (χ1v) is 3.61. The van der Waals surface area contributed by atoms with Gasteiger partial charge in [0.25, 0.3) is 0 Å². The number of nitrogens with two attached hydrogens (primary N) is 2. The number of para-hydroxylation sites is 1. The molecule has 1 rings (SSSR count). The van der Waals surface area contributed by atoms with Crippen LogP contribution >= 0.6 is 11.6 Å². The summed E-state index contributed by atoms with van der Waals surface area (Å²) in [5, 5.41) is 0.593. The molecule has 60 valence electrons. The van der Waals surface area contributed by atoms with E-state index in [1.54, 1.807) is 6.07 Å². The third-order valence-electron chi connectivity index (χ3n) is 1.46. The van der Waals surface area contributed by atoms with E-state index < -0.39 is 0 Å². The lowest BCUT2D eigenvalue weighted by molar-refractivity contribution is 1.07. The van der Waals surface area contributed by atoms with Crippen LogP contribution in [-0.4, -0.2) is 0 Å². The third kappa shape index (κ3) is 1.63. The van der Waals surface area contributed by atoms with Crippen molar-refractivity contribution in [2.24, 2.45) is 11.6 Å². The van der Waals surface area contributed by atoms with E-state index in [0.29, 0.717) is 17.3 Å². The number of hydrazine groups is 1. The van der Waals surface area contributed by atoms with Gasteiger partial charge in [0, 0.05) is 6.54 Å². The highest BCUT2D eigenvalue weighted by molar-refractivity contribution is 6.33. The third-order valence-corrected chi connectivity index (χ3v) is 1.78. The molecule has 0 atom stereocenters. The van der Waals surface area contributed by atoms with Gasteiger partial charge in [-0.2, -0.15) is 0 Å². The Kier molecular flexibility index (Phi) is 2.70. The van der Waals surface area contributed by atoms with Gasteiger partial charge in [-0.05, 0) is 11.6 Å². The molecule has 4 heteroatoms. The smallest absolute Gasteiger partial charge is 0.0717 e. The molecule has 0 spiro atoms. The lowest BCUT2D eigenvalue weighted by atomic mass is 10.2. The molecule has 1 aromatic rings. The average Bonchev–Trinajstić information content (AvgIpc) is 2.04. The zero-order chi connectivity index (χ0) is 8.27. The second-order valence-electron chi connectivity index (χ2n) is 2.12. The Hall–Kier alpha value is -0.770. The fourth-order valence-electron chi connectivity index (χ4n) is 0.901. The summed E-state index contributed by atoms with van der Waals surface area (Å²) in [5.41, 5.74) is 9.57. The van der Waals surface area contributed by atoms with E-state index in [2.05, 4.69) is 5.43 Å². The van der Waals surface area contributed by atoms with Gasteiger partial charge in [-0.15, -0.1) is 0 Å². The molecule has 0 aliphatic rings. The Morgan fingerprint density at radius 3 is 2.64 bits per heavy atom. The monoisotopic (exact) mass is 171 g/mol. The molecule has 3 nitrogen and oxygen atoms in total. The van der Waals surface area contributed by atoms with Crippen molar-refractivity contribution < 1.29 is 0 Å². The molecule has 0 aliphatic carbocycles. The number of rotatable bonds is 2. The van der Waals surface area contributed by atoms with Crippen LogP contribution in [0.1, 0.15) is 5.56 Å².